The first-order valence-electron chi connectivity index (χ1n) is 9.52. The van der Waals surface area contributed by atoms with Gasteiger partial charge in [0, 0.05) is 36.4 Å². The first-order valence-corrected chi connectivity index (χ1v) is 9.52. The maximum atomic E-state index is 11.9. The molecule has 5 atom stereocenters. The Morgan fingerprint density at radius 2 is 2.04 bits per heavy atom. The number of nitrogens with one attached hydrogen (secondary N) is 1. The average Bonchev–Trinajstić information content (AvgIpc) is 2.59. The smallest absolute Gasteiger partial charge is 0.217 e. The molecule has 0 spiro atoms. The van der Waals surface area contributed by atoms with Crippen molar-refractivity contribution in [2.75, 3.05) is 14.2 Å². The molecule has 1 aromatic rings. The number of benzene rings is 1. The minimum Gasteiger partial charge on any atom is -0.497 e. The number of hydrogen-bond donors (Lipinski definition) is 1. The Bertz CT molecular complexity index is 661. The molecular formula is C21H31NO4. The second kappa shape index (κ2) is 7.47. The summed E-state index contributed by atoms with van der Waals surface area (Å²) in [5.41, 5.74) is 0.742. The maximum absolute atomic E-state index is 11.9. The van der Waals surface area contributed by atoms with Crippen molar-refractivity contribution in [3.63, 3.8) is 0 Å². The molecule has 0 aromatic heterocycles. The van der Waals surface area contributed by atoms with E-state index in [0.717, 1.165) is 36.3 Å². The highest BCUT2D eigenvalue weighted by Gasteiger charge is 2.49. The zero-order chi connectivity index (χ0) is 18.9. The number of methoxy groups -OCH3 is 2. The predicted molar refractivity (Wildman–Crippen MR) is 101 cm³/mol. The molecule has 1 heterocycles. The van der Waals surface area contributed by atoms with Crippen LogP contribution >= 0.6 is 0 Å². The highest BCUT2D eigenvalue weighted by atomic mass is 16.5. The van der Waals surface area contributed by atoms with Gasteiger partial charge in [-0.3, -0.25) is 4.79 Å². The van der Waals surface area contributed by atoms with Crippen LogP contribution in [0.5, 0.6) is 11.5 Å². The lowest BCUT2D eigenvalue weighted by Crippen LogP contribution is -2.60. The fourth-order valence-corrected chi connectivity index (χ4v) is 4.82. The lowest BCUT2D eigenvalue weighted by atomic mass is 9.66. The molecule has 0 radical (unpaired) electrons. The van der Waals surface area contributed by atoms with E-state index in [2.05, 4.69) is 19.2 Å². The predicted octanol–water partition coefficient (Wildman–Crippen LogP) is 3.86. The second-order valence-electron chi connectivity index (χ2n) is 8.10. The molecule has 1 amide bonds. The molecule has 1 N–H and O–H groups in total. The highest BCUT2D eigenvalue weighted by Crippen LogP contribution is 2.49. The number of carbonyl (C=O) groups excluding carboxylic acids is 1. The lowest BCUT2D eigenvalue weighted by molar-refractivity contribution is -0.153. The fourth-order valence-electron chi connectivity index (χ4n) is 4.82. The first-order chi connectivity index (χ1) is 12.4. The van der Waals surface area contributed by atoms with Crippen molar-refractivity contribution >= 4 is 5.91 Å². The van der Waals surface area contributed by atoms with Gasteiger partial charge in [-0.05, 0) is 37.8 Å². The summed E-state index contributed by atoms with van der Waals surface area (Å²) < 4.78 is 17.5. The summed E-state index contributed by atoms with van der Waals surface area (Å²) in [5.74, 6) is 2.54. The summed E-state index contributed by atoms with van der Waals surface area (Å²) in [6.07, 6.45) is 4.10. The fraction of sp³-hybridized carbons (Fsp3) is 0.667. The van der Waals surface area contributed by atoms with Crippen molar-refractivity contribution in [2.45, 2.75) is 64.2 Å². The molecule has 1 aromatic carbocycles. The molecule has 3 rings (SSSR count). The van der Waals surface area contributed by atoms with Gasteiger partial charge in [0.05, 0.1) is 26.4 Å². The van der Waals surface area contributed by atoms with E-state index < -0.39 is 0 Å². The number of hydrogen-bond acceptors (Lipinski definition) is 4. The molecule has 0 bridgehead atoms. The average molecular weight is 361 g/mol. The van der Waals surface area contributed by atoms with Crippen molar-refractivity contribution in [3.05, 3.63) is 23.8 Å². The van der Waals surface area contributed by atoms with Crippen LogP contribution in [0.3, 0.4) is 0 Å². The Kier molecular flexibility index (Phi) is 5.47. The summed E-state index contributed by atoms with van der Waals surface area (Å²) in [5, 5.41) is 3.25. The van der Waals surface area contributed by atoms with Crippen LogP contribution in [0, 0.1) is 11.8 Å². The molecule has 5 heteroatoms. The molecule has 1 saturated carbocycles. The van der Waals surface area contributed by atoms with Crippen LogP contribution in [-0.4, -0.2) is 31.8 Å². The summed E-state index contributed by atoms with van der Waals surface area (Å²) in [6, 6.07) is 5.85. The minimum absolute atomic E-state index is 0.0206. The van der Waals surface area contributed by atoms with Gasteiger partial charge in [-0.1, -0.05) is 13.3 Å². The van der Waals surface area contributed by atoms with E-state index in [-0.39, 0.29) is 23.7 Å². The van der Waals surface area contributed by atoms with Crippen LogP contribution in [0.1, 0.15) is 58.1 Å². The highest BCUT2D eigenvalue weighted by molar-refractivity contribution is 5.73. The van der Waals surface area contributed by atoms with Gasteiger partial charge >= 0.3 is 0 Å². The van der Waals surface area contributed by atoms with E-state index in [0.29, 0.717) is 11.8 Å². The Morgan fingerprint density at radius 1 is 1.27 bits per heavy atom. The number of amides is 1. The van der Waals surface area contributed by atoms with E-state index in [9.17, 15) is 4.79 Å². The number of fused-ring (bicyclic) bond motifs is 1. The Labute approximate surface area is 156 Å². The van der Waals surface area contributed by atoms with Gasteiger partial charge in [-0.25, -0.2) is 0 Å². The van der Waals surface area contributed by atoms with Crippen molar-refractivity contribution < 1.29 is 19.0 Å². The van der Waals surface area contributed by atoms with Gasteiger partial charge < -0.3 is 19.5 Å². The molecule has 2 fully saturated rings. The SMILES string of the molecule is COc1ccc([C@H]2C[C@@](C)(NC(C)=O)[C@@H]3CC[C@@H](C)C[C@H]3O2)c(OC)c1. The second-order valence-corrected chi connectivity index (χ2v) is 8.10. The molecule has 5 nitrogen and oxygen atoms in total. The van der Waals surface area contributed by atoms with Gasteiger partial charge in [0.1, 0.15) is 11.5 Å². The largest absolute Gasteiger partial charge is 0.497 e. The molecule has 1 saturated heterocycles. The van der Waals surface area contributed by atoms with Crippen LogP contribution in [0.4, 0.5) is 0 Å². The van der Waals surface area contributed by atoms with Gasteiger partial charge in [0.25, 0.3) is 0 Å². The van der Waals surface area contributed by atoms with E-state index in [4.69, 9.17) is 14.2 Å². The number of carbonyl (C=O) groups is 1. The van der Waals surface area contributed by atoms with E-state index in [1.807, 2.05) is 18.2 Å². The van der Waals surface area contributed by atoms with Crippen LogP contribution in [0.2, 0.25) is 0 Å². The van der Waals surface area contributed by atoms with Crippen molar-refractivity contribution in [1.29, 1.82) is 0 Å². The van der Waals surface area contributed by atoms with Crippen molar-refractivity contribution in [3.8, 4) is 11.5 Å². The lowest BCUT2D eigenvalue weighted by Gasteiger charge is -2.52. The maximum Gasteiger partial charge on any atom is 0.217 e. The van der Waals surface area contributed by atoms with Crippen LogP contribution in [-0.2, 0) is 9.53 Å². The van der Waals surface area contributed by atoms with E-state index in [1.54, 1.807) is 21.1 Å². The van der Waals surface area contributed by atoms with Crippen molar-refractivity contribution in [2.24, 2.45) is 11.8 Å². The Balaban J connectivity index is 1.94. The number of rotatable bonds is 4. The normalized spacial score (nSPS) is 33.9. The number of ether oxygens (including phenoxy) is 3. The summed E-state index contributed by atoms with van der Waals surface area (Å²) in [4.78, 5) is 11.9. The van der Waals surface area contributed by atoms with Gasteiger partial charge in [-0.15, -0.1) is 0 Å². The Hall–Kier alpha value is -1.75. The molecule has 144 valence electrons. The van der Waals surface area contributed by atoms with Gasteiger partial charge in [0.15, 0.2) is 0 Å². The van der Waals surface area contributed by atoms with Crippen LogP contribution in [0.15, 0.2) is 18.2 Å². The topological polar surface area (TPSA) is 56.8 Å². The van der Waals surface area contributed by atoms with E-state index >= 15 is 0 Å². The summed E-state index contributed by atoms with van der Waals surface area (Å²) in [6.45, 7) is 6.06. The third kappa shape index (κ3) is 3.68. The molecule has 0 unspecified atom stereocenters. The zero-order valence-electron chi connectivity index (χ0n) is 16.5. The standard InChI is InChI=1S/C21H31NO4/c1-13-6-9-17-19(10-13)26-20(12-21(17,3)22-14(2)23)16-8-7-15(24-4)11-18(16)25-5/h7-8,11,13,17,19-20H,6,9-10,12H2,1-5H3,(H,22,23)/t13-,17-,19-,20-,21-/m1/s1. The van der Waals surface area contributed by atoms with Gasteiger partial charge in [0.2, 0.25) is 5.91 Å². The minimum atomic E-state index is -0.273. The Morgan fingerprint density at radius 3 is 2.69 bits per heavy atom. The third-order valence-corrected chi connectivity index (χ3v) is 6.07. The molecule has 2 aliphatic rings. The summed E-state index contributed by atoms with van der Waals surface area (Å²) in [7, 11) is 3.31. The van der Waals surface area contributed by atoms with Gasteiger partial charge in [-0.2, -0.15) is 0 Å². The van der Waals surface area contributed by atoms with Crippen LogP contribution < -0.4 is 14.8 Å². The molecule has 26 heavy (non-hydrogen) atoms. The van der Waals surface area contributed by atoms with E-state index in [1.165, 1.54) is 6.42 Å². The molecule has 1 aliphatic carbocycles. The van der Waals surface area contributed by atoms with Crippen LogP contribution in [0.25, 0.3) is 0 Å². The molecular weight excluding hydrogens is 330 g/mol. The first kappa shape index (κ1) is 19.0. The molecule has 1 aliphatic heterocycles. The summed E-state index contributed by atoms with van der Waals surface area (Å²) >= 11 is 0. The monoisotopic (exact) mass is 361 g/mol. The van der Waals surface area contributed by atoms with Crippen molar-refractivity contribution in [1.82, 2.24) is 5.32 Å². The quantitative estimate of drug-likeness (QED) is 0.885. The zero-order valence-corrected chi connectivity index (χ0v) is 16.5. The third-order valence-electron chi connectivity index (χ3n) is 6.07.